The lowest BCUT2D eigenvalue weighted by Crippen LogP contribution is -2.39. The Morgan fingerprint density at radius 3 is 2.46 bits per heavy atom. The van der Waals surface area contributed by atoms with Gasteiger partial charge in [0.25, 0.3) is 11.6 Å². The fourth-order valence-electron chi connectivity index (χ4n) is 3.30. The molecule has 9 nitrogen and oxygen atoms in total. The third-order valence-corrected chi connectivity index (χ3v) is 4.70. The van der Waals surface area contributed by atoms with E-state index in [4.69, 9.17) is 5.11 Å². The normalized spacial score (nSPS) is 15.0. The number of carbonyl (C=O) groups excluding carboxylic acids is 1. The van der Waals surface area contributed by atoms with Crippen molar-refractivity contribution in [2.24, 2.45) is 0 Å². The minimum Gasteiger partial charge on any atom is -0.478 e. The Balaban J connectivity index is 1.72. The lowest BCUT2D eigenvalue weighted by molar-refractivity contribution is -0.385. The number of hydrogen-bond donors (Lipinski definition) is 1. The zero-order valence-corrected chi connectivity index (χ0v) is 14.2. The molecule has 0 radical (unpaired) electrons. The summed E-state index contributed by atoms with van der Waals surface area (Å²) in [5.74, 6) is -1.38. The molecule has 1 amide bonds. The van der Waals surface area contributed by atoms with Crippen LogP contribution in [0.2, 0.25) is 0 Å². The van der Waals surface area contributed by atoms with Gasteiger partial charge in [0.15, 0.2) is 0 Å². The molecule has 3 rings (SSSR count). The number of nitro groups is 1. The van der Waals surface area contributed by atoms with Gasteiger partial charge in [-0.3, -0.25) is 19.6 Å². The van der Waals surface area contributed by atoms with Gasteiger partial charge in [0.2, 0.25) is 0 Å². The van der Waals surface area contributed by atoms with E-state index in [2.05, 4.69) is 5.10 Å². The van der Waals surface area contributed by atoms with E-state index < -0.39 is 10.9 Å². The van der Waals surface area contributed by atoms with Crippen molar-refractivity contribution in [3.8, 4) is 0 Å². The van der Waals surface area contributed by atoms with Crippen LogP contribution in [0.4, 0.5) is 5.69 Å². The SMILES string of the molecule is Cc1c(C(=O)O)cnn1C1CCN(C(=O)c2ccccc2[N+](=O)[O-])CC1. The van der Waals surface area contributed by atoms with Crippen molar-refractivity contribution in [2.45, 2.75) is 25.8 Å². The molecule has 0 unspecified atom stereocenters. The second-order valence-electron chi connectivity index (χ2n) is 6.19. The van der Waals surface area contributed by atoms with Crippen LogP contribution in [0.3, 0.4) is 0 Å². The molecular weight excluding hydrogens is 340 g/mol. The number of para-hydroxylation sites is 1. The average molecular weight is 358 g/mol. The van der Waals surface area contributed by atoms with E-state index in [-0.39, 0.29) is 28.8 Å². The Kier molecular flexibility index (Phi) is 4.70. The molecule has 0 aliphatic carbocycles. The monoisotopic (exact) mass is 358 g/mol. The fraction of sp³-hybridized carbons (Fsp3) is 0.353. The number of nitrogens with zero attached hydrogens (tertiary/aromatic N) is 4. The molecule has 1 aromatic heterocycles. The lowest BCUT2D eigenvalue weighted by Gasteiger charge is -2.32. The molecule has 1 fully saturated rings. The number of piperidine rings is 1. The molecule has 1 aliphatic rings. The maximum atomic E-state index is 12.6. The minimum atomic E-state index is -1.02. The molecule has 0 atom stereocenters. The second kappa shape index (κ2) is 6.95. The van der Waals surface area contributed by atoms with Crippen LogP contribution in [0.1, 0.15) is 45.3 Å². The summed E-state index contributed by atoms with van der Waals surface area (Å²) in [7, 11) is 0. The molecule has 9 heteroatoms. The number of nitro benzene ring substituents is 1. The van der Waals surface area contributed by atoms with Gasteiger partial charge >= 0.3 is 5.97 Å². The van der Waals surface area contributed by atoms with Gasteiger partial charge in [-0.2, -0.15) is 5.10 Å². The quantitative estimate of drug-likeness (QED) is 0.661. The first-order chi connectivity index (χ1) is 12.4. The number of carbonyl (C=O) groups is 2. The number of benzene rings is 1. The van der Waals surface area contributed by atoms with Gasteiger partial charge in [0.1, 0.15) is 11.1 Å². The van der Waals surface area contributed by atoms with Crippen LogP contribution >= 0.6 is 0 Å². The van der Waals surface area contributed by atoms with Crippen LogP contribution in [-0.4, -0.2) is 49.7 Å². The van der Waals surface area contributed by atoms with E-state index in [1.807, 2.05) is 0 Å². The van der Waals surface area contributed by atoms with Crippen LogP contribution < -0.4 is 0 Å². The van der Waals surface area contributed by atoms with Crippen molar-refractivity contribution < 1.29 is 19.6 Å². The van der Waals surface area contributed by atoms with Gasteiger partial charge in [-0.25, -0.2) is 4.79 Å². The lowest BCUT2D eigenvalue weighted by atomic mass is 10.0. The number of aromatic nitrogens is 2. The van der Waals surface area contributed by atoms with E-state index >= 15 is 0 Å². The summed E-state index contributed by atoms with van der Waals surface area (Å²) in [6.45, 7) is 2.57. The topological polar surface area (TPSA) is 119 Å². The first kappa shape index (κ1) is 17.6. The Hall–Kier alpha value is -3.23. The average Bonchev–Trinajstić information content (AvgIpc) is 3.03. The van der Waals surface area contributed by atoms with Crippen molar-refractivity contribution in [2.75, 3.05) is 13.1 Å². The Morgan fingerprint density at radius 2 is 1.88 bits per heavy atom. The van der Waals surface area contributed by atoms with Gasteiger partial charge < -0.3 is 10.0 Å². The molecule has 0 saturated carbocycles. The number of aromatic carboxylic acids is 1. The summed E-state index contributed by atoms with van der Waals surface area (Å²) < 4.78 is 1.69. The Bertz CT molecular complexity index is 868. The second-order valence-corrected chi connectivity index (χ2v) is 6.19. The van der Waals surface area contributed by atoms with Crippen molar-refractivity contribution in [1.29, 1.82) is 0 Å². The minimum absolute atomic E-state index is 0.00194. The summed E-state index contributed by atoms with van der Waals surface area (Å²) in [4.78, 5) is 35.9. The zero-order chi connectivity index (χ0) is 18.8. The molecule has 1 N–H and O–H groups in total. The molecule has 1 aliphatic heterocycles. The van der Waals surface area contributed by atoms with E-state index in [1.165, 1.54) is 24.4 Å². The maximum Gasteiger partial charge on any atom is 0.339 e. The van der Waals surface area contributed by atoms with Crippen LogP contribution in [0, 0.1) is 17.0 Å². The number of carboxylic acid groups (broad SMARTS) is 1. The van der Waals surface area contributed by atoms with Crippen LogP contribution in [0.5, 0.6) is 0 Å². The molecule has 2 heterocycles. The summed E-state index contributed by atoms with van der Waals surface area (Å²) >= 11 is 0. The first-order valence-electron chi connectivity index (χ1n) is 8.20. The molecule has 0 bridgehead atoms. The van der Waals surface area contributed by atoms with E-state index in [0.717, 1.165) is 0 Å². The molecule has 2 aromatic rings. The predicted octanol–water partition coefficient (Wildman–Crippen LogP) is 2.28. The predicted molar refractivity (Wildman–Crippen MR) is 91.2 cm³/mol. The van der Waals surface area contributed by atoms with Crippen molar-refractivity contribution in [3.05, 3.63) is 57.4 Å². The molecule has 1 aromatic carbocycles. The highest BCUT2D eigenvalue weighted by Gasteiger charge is 2.29. The number of amides is 1. The highest BCUT2D eigenvalue weighted by atomic mass is 16.6. The van der Waals surface area contributed by atoms with Gasteiger partial charge in [0, 0.05) is 19.2 Å². The third kappa shape index (κ3) is 3.15. The van der Waals surface area contributed by atoms with Crippen molar-refractivity contribution in [1.82, 2.24) is 14.7 Å². The fourth-order valence-corrected chi connectivity index (χ4v) is 3.30. The van der Waals surface area contributed by atoms with Gasteiger partial charge in [-0.05, 0) is 25.8 Å². The highest BCUT2D eigenvalue weighted by Crippen LogP contribution is 2.27. The van der Waals surface area contributed by atoms with Crippen molar-refractivity contribution >= 4 is 17.6 Å². The molecular formula is C17H18N4O5. The largest absolute Gasteiger partial charge is 0.478 e. The molecule has 26 heavy (non-hydrogen) atoms. The smallest absolute Gasteiger partial charge is 0.339 e. The number of hydrogen-bond acceptors (Lipinski definition) is 5. The standard InChI is InChI=1S/C17H18N4O5/c1-11-14(17(23)24)10-18-20(11)12-6-8-19(9-7-12)16(22)13-4-2-3-5-15(13)21(25)26/h2-5,10,12H,6-9H2,1H3,(H,23,24). The maximum absolute atomic E-state index is 12.6. The number of likely N-dealkylation sites (tertiary alicyclic amines) is 1. The Morgan fingerprint density at radius 1 is 1.23 bits per heavy atom. The number of rotatable bonds is 4. The van der Waals surface area contributed by atoms with E-state index in [1.54, 1.807) is 22.6 Å². The Labute approximate surface area is 149 Å². The van der Waals surface area contributed by atoms with Gasteiger partial charge in [-0.1, -0.05) is 12.1 Å². The zero-order valence-electron chi connectivity index (χ0n) is 14.2. The van der Waals surface area contributed by atoms with Crippen molar-refractivity contribution in [3.63, 3.8) is 0 Å². The summed E-state index contributed by atoms with van der Waals surface area (Å²) in [6, 6.07) is 5.91. The van der Waals surface area contributed by atoms with Gasteiger partial charge in [0.05, 0.1) is 22.9 Å². The third-order valence-electron chi connectivity index (χ3n) is 4.70. The summed E-state index contributed by atoms with van der Waals surface area (Å²) in [5, 5.41) is 24.4. The molecule has 1 saturated heterocycles. The van der Waals surface area contributed by atoms with Crippen LogP contribution in [-0.2, 0) is 0 Å². The number of carboxylic acids is 1. The van der Waals surface area contributed by atoms with Crippen LogP contribution in [0.25, 0.3) is 0 Å². The van der Waals surface area contributed by atoms with E-state index in [0.29, 0.717) is 31.6 Å². The summed E-state index contributed by atoms with van der Waals surface area (Å²) in [5.41, 5.74) is 0.636. The van der Waals surface area contributed by atoms with E-state index in [9.17, 15) is 19.7 Å². The molecule has 0 spiro atoms. The van der Waals surface area contributed by atoms with Crippen LogP contribution in [0.15, 0.2) is 30.5 Å². The molecule has 136 valence electrons. The first-order valence-corrected chi connectivity index (χ1v) is 8.20. The van der Waals surface area contributed by atoms with Gasteiger partial charge in [-0.15, -0.1) is 0 Å². The summed E-state index contributed by atoms with van der Waals surface area (Å²) in [6.07, 6.45) is 2.55. The highest BCUT2D eigenvalue weighted by molar-refractivity contribution is 5.98.